The molecule has 0 bridgehead atoms. The maximum absolute atomic E-state index is 6.28. The maximum atomic E-state index is 6.28. The third kappa shape index (κ3) is 8.97. The Kier molecular flexibility index (Phi) is 12.0. The van der Waals surface area contributed by atoms with E-state index in [-0.39, 0.29) is 0 Å². The van der Waals surface area contributed by atoms with Gasteiger partial charge in [-0.3, -0.25) is 24.8 Å². The first-order valence-corrected chi connectivity index (χ1v) is 22.0. The summed E-state index contributed by atoms with van der Waals surface area (Å²) in [5.41, 5.74) is 8.33. The van der Waals surface area contributed by atoms with Crippen LogP contribution >= 0.6 is 23.5 Å². The summed E-state index contributed by atoms with van der Waals surface area (Å²) in [6.45, 7) is 3.91. The quantitative estimate of drug-likeness (QED) is 0.133. The fourth-order valence-corrected chi connectivity index (χ4v) is 10.1. The number of pyridine rings is 3. The van der Waals surface area contributed by atoms with Crippen LogP contribution in [-0.4, -0.2) is 44.3 Å². The van der Waals surface area contributed by atoms with E-state index in [1.54, 1.807) is 6.20 Å². The molecule has 4 aromatic carbocycles. The van der Waals surface area contributed by atoms with Crippen LogP contribution in [0.1, 0.15) is 59.9 Å². The molecule has 5 heterocycles. The molecule has 7 nitrogen and oxygen atoms in total. The summed E-state index contributed by atoms with van der Waals surface area (Å²) in [5, 5.41) is 2.39. The average Bonchev–Trinajstić information content (AvgIpc) is 3.28. The van der Waals surface area contributed by atoms with Crippen LogP contribution in [0.2, 0.25) is 0 Å². The van der Waals surface area contributed by atoms with Gasteiger partial charge in [0, 0.05) is 93.7 Å². The van der Waals surface area contributed by atoms with E-state index < -0.39 is 0 Å². The number of ether oxygens (including phenoxy) is 2. The Morgan fingerprint density at radius 3 is 1.77 bits per heavy atom. The van der Waals surface area contributed by atoms with Crippen LogP contribution < -0.4 is 9.47 Å². The highest BCUT2D eigenvalue weighted by molar-refractivity contribution is 7.98. The van der Waals surface area contributed by atoms with Crippen LogP contribution in [0, 0.1) is 0 Å². The zero-order chi connectivity index (χ0) is 38.2. The lowest BCUT2D eigenvalue weighted by atomic mass is 9.93. The van der Waals surface area contributed by atoms with E-state index in [0.29, 0.717) is 19.5 Å². The van der Waals surface area contributed by atoms with Crippen molar-refractivity contribution in [2.75, 3.05) is 13.5 Å². The predicted octanol–water partition coefficient (Wildman–Crippen LogP) is 11.3. The first kappa shape index (κ1) is 37.6. The van der Waals surface area contributed by atoms with Gasteiger partial charge < -0.3 is 9.47 Å². The molecule has 0 spiro atoms. The molecule has 7 aromatic rings. The first-order chi connectivity index (χ1) is 28.2. The van der Waals surface area contributed by atoms with E-state index in [4.69, 9.17) is 14.5 Å². The van der Waals surface area contributed by atoms with Crippen LogP contribution in [-0.2, 0) is 31.1 Å². The standard InChI is InChI=1S/C24H21N3OS.C24H26N2OS/c1-2-7-21(8-3-1)29-16-20-12-19-15-27(14-18-6-4-10-25-13-18)17-28-24(19)23-22(20)9-5-11-26-23;1-3-8-20(9-4-1)26-15-18-14-19(16-28-21-10-5-2-6-11-21)22-12-7-13-25-23(22)24(18)27-17-26/h1-13H,14-17H2;2,5-7,10-14,20H,1,3-4,8-9,15-17H2. The molecule has 0 unspecified atom stereocenters. The summed E-state index contributed by atoms with van der Waals surface area (Å²) in [7, 11) is 0. The van der Waals surface area contributed by atoms with Crippen LogP contribution in [0.25, 0.3) is 21.8 Å². The number of hydrogen-bond acceptors (Lipinski definition) is 9. The predicted molar refractivity (Wildman–Crippen MR) is 232 cm³/mol. The molecular weight excluding hydrogens is 743 g/mol. The van der Waals surface area contributed by atoms with Gasteiger partial charge in [-0.05, 0) is 84.1 Å². The normalized spacial score (nSPS) is 15.9. The average molecular weight is 790 g/mol. The minimum Gasteiger partial charge on any atom is -0.475 e. The molecule has 1 saturated carbocycles. The van der Waals surface area contributed by atoms with Crippen LogP contribution in [0.5, 0.6) is 11.5 Å². The zero-order valence-electron chi connectivity index (χ0n) is 32.1. The highest BCUT2D eigenvalue weighted by atomic mass is 32.2. The molecule has 288 valence electrons. The molecule has 1 fully saturated rings. The smallest absolute Gasteiger partial charge is 0.152 e. The van der Waals surface area contributed by atoms with E-state index in [9.17, 15) is 0 Å². The summed E-state index contributed by atoms with van der Waals surface area (Å²) >= 11 is 3.74. The van der Waals surface area contributed by atoms with Crippen LogP contribution in [0.4, 0.5) is 0 Å². The van der Waals surface area contributed by atoms with E-state index in [2.05, 4.69) is 111 Å². The lowest BCUT2D eigenvalue weighted by Crippen LogP contribution is -2.41. The third-order valence-electron chi connectivity index (χ3n) is 11.0. The van der Waals surface area contributed by atoms with Gasteiger partial charge in [0.25, 0.3) is 0 Å². The summed E-state index contributed by atoms with van der Waals surface area (Å²) in [6, 6.07) is 38.9. The van der Waals surface area contributed by atoms with Crippen molar-refractivity contribution >= 4 is 45.3 Å². The third-order valence-corrected chi connectivity index (χ3v) is 13.2. The monoisotopic (exact) mass is 789 g/mol. The highest BCUT2D eigenvalue weighted by Crippen LogP contribution is 2.39. The number of hydrogen-bond donors (Lipinski definition) is 0. The lowest BCUT2D eigenvalue weighted by Gasteiger charge is -2.37. The number of rotatable bonds is 9. The second-order valence-corrected chi connectivity index (χ2v) is 17.1. The van der Waals surface area contributed by atoms with Crippen molar-refractivity contribution in [3.63, 3.8) is 0 Å². The van der Waals surface area contributed by atoms with Crippen molar-refractivity contribution in [1.82, 2.24) is 24.8 Å². The van der Waals surface area contributed by atoms with Gasteiger partial charge in [-0.25, -0.2) is 0 Å². The number of aromatic nitrogens is 3. The minimum absolute atomic E-state index is 0.561. The molecule has 0 atom stereocenters. The van der Waals surface area contributed by atoms with Crippen molar-refractivity contribution in [3.8, 4) is 11.5 Å². The molecular formula is C48H47N5O2S2. The minimum atomic E-state index is 0.561. The Balaban J connectivity index is 0.000000148. The molecule has 9 heteroatoms. The van der Waals surface area contributed by atoms with Gasteiger partial charge in [0.1, 0.15) is 24.5 Å². The lowest BCUT2D eigenvalue weighted by molar-refractivity contribution is 0.0413. The van der Waals surface area contributed by atoms with Gasteiger partial charge in [-0.1, -0.05) is 73.9 Å². The van der Waals surface area contributed by atoms with E-state index in [1.807, 2.05) is 60.3 Å². The fourth-order valence-electron chi connectivity index (χ4n) is 8.24. The van der Waals surface area contributed by atoms with Crippen LogP contribution in [0.15, 0.2) is 144 Å². The Bertz CT molecular complexity index is 2410. The largest absolute Gasteiger partial charge is 0.475 e. The van der Waals surface area contributed by atoms with Crippen molar-refractivity contribution < 1.29 is 9.47 Å². The van der Waals surface area contributed by atoms with Crippen LogP contribution in [0.3, 0.4) is 0 Å². The highest BCUT2D eigenvalue weighted by Gasteiger charge is 2.28. The number of thioether (sulfide) groups is 2. The Morgan fingerprint density at radius 2 is 1.18 bits per heavy atom. The molecule has 1 aliphatic carbocycles. The molecule has 57 heavy (non-hydrogen) atoms. The number of benzene rings is 4. The van der Waals surface area contributed by atoms with Gasteiger partial charge >= 0.3 is 0 Å². The molecule has 0 N–H and O–H groups in total. The first-order valence-electron chi connectivity index (χ1n) is 20.0. The Hall–Kier alpha value is -4.93. The Morgan fingerprint density at radius 1 is 0.596 bits per heavy atom. The van der Waals surface area contributed by atoms with E-state index in [1.165, 1.54) is 80.5 Å². The molecule has 3 aliphatic rings. The zero-order valence-corrected chi connectivity index (χ0v) is 33.8. The molecule has 0 amide bonds. The maximum Gasteiger partial charge on any atom is 0.152 e. The fraction of sp³-hybridized carbons (Fsp3) is 0.271. The SMILES string of the molecule is c1ccc(SCc2cc3c(c4ncccc24)OCN(C2CCCCC2)C3)cc1.c1ccc(SCc2cc3c(c4ncccc24)OCN(Cc2cccnc2)C3)cc1. The summed E-state index contributed by atoms with van der Waals surface area (Å²) in [6.07, 6.45) is 14.2. The summed E-state index contributed by atoms with van der Waals surface area (Å²) in [4.78, 5) is 21.0. The van der Waals surface area contributed by atoms with Gasteiger partial charge in [0.2, 0.25) is 0 Å². The van der Waals surface area contributed by atoms with Crippen molar-refractivity contribution in [3.05, 3.63) is 162 Å². The molecule has 0 saturated heterocycles. The van der Waals surface area contributed by atoms with Gasteiger partial charge in [-0.2, -0.15) is 0 Å². The van der Waals surface area contributed by atoms with E-state index >= 15 is 0 Å². The number of nitrogens with zero attached hydrogens (tertiary/aromatic N) is 5. The second-order valence-electron chi connectivity index (χ2n) is 15.0. The molecule has 0 radical (unpaired) electrons. The summed E-state index contributed by atoms with van der Waals surface area (Å²) < 4.78 is 12.5. The second kappa shape index (κ2) is 18.1. The molecule has 2 aliphatic heterocycles. The van der Waals surface area contributed by atoms with Crippen molar-refractivity contribution in [1.29, 1.82) is 0 Å². The topological polar surface area (TPSA) is 63.6 Å². The number of fused-ring (bicyclic) bond motifs is 6. The molecule has 3 aromatic heterocycles. The van der Waals surface area contributed by atoms with Gasteiger partial charge in [0.15, 0.2) is 11.5 Å². The Labute approximate surface area is 343 Å². The van der Waals surface area contributed by atoms with Crippen molar-refractivity contribution in [2.24, 2.45) is 0 Å². The summed E-state index contributed by atoms with van der Waals surface area (Å²) in [5.74, 6) is 3.78. The van der Waals surface area contributed by atoms with Gasteiger partial charge in [0.05, 0.1) is 0 Å². The van der Waals surface area contributed by atoms with Gasteiger partial charge in [-0.15, -0.1) is 23.5 Å². The van der Waals surface area contributed by atoms with E-state index in [0.717, 1.165) is 53.7 Å². The van der Waals surface area contributed by atoms with Crippen molar-refractivity contribution in [2.45, 2.75) is 79.1 Å². The molecule has 10 rings (SSSR count).